The maximum Gasteiger partial charge on any atom is 0.416 e. The van der Waals surface area contributed by atoms with Gasteiger partial charge in [0.1, 0.15) is 12.0 Å². The van der Waals surface area contributed by atoms with Crippen molar-refractivity contribution in [1.82, 2.24) is 9.88 Å². The first kappa shape index (κ1) is 27.5. The maximum absolute atomic E-state index is 12.9. The van der Waals surface area contributed by atoms with Crippen LogP contribution in [-0.4, -0.2) is 55.3 Å². The Morgan fingerprint density at radius 3 is 2.59 bits per heavy atom. The topological polar surface area (TPSA) is 89.7 Å². The molecule has 3 heterocycles. The molecule has 0 amide bonds. The van der Waals surface area contributed by atoms with Gasteiger partial charge in [0.15, 0.2) is 9.84 Å². The number of halogens is 3. The lowest BCUT2D eigenvalue weighted by Gasteiger charge is -2.25. The molecule has 0 bridgehead atoms. The number of fused-ring (bicyclic) bond motifs is 1. The van der Waals surface area contributed by atoms with Gasteiger partial charge in [-0.15, -0.1) is 11.8 Å². The van der Waals surface area contributed by atoms with Crippen molar-refractivity contribution in [3.8, 4) is 5.75 Å². The molecule has 37 heavy (non-hydrogen) atoms. The fraction of sp³-hybridized carbons (Fsp3) is 0.440. The number of aromatic nitrogens is 1. The quantitative estimate of drug-likeness (QED) is 0.261. The lowest BCUT2D eigenvalue weighted by atomic mass is 10.1. The predicted octanol–water partition coefficient (Wildman–Crippen LogP) is 4.78. The van der Waals surface area contributed by atoms with Gasteiger partial charge in [-0.25, -0.2) is 8.42 Å². The first-order chi connectivity index (χ1) is 17.6. The van der Waals surface area contributed by atoms with Crippen LogP contribution in [0.5, 0.6) is 5.75 Å². The average molecular weight is 557 g/mol. The van der Waals surface area contributed by atoms with E-state index in [1.807, 2.05) is 4.90 Å². The molecule has 0 saturated carbocycles. The van der Waals surface area contributed by atoms with Crippen LogP contribution in [-0.2, 0) is 22.6 Å². The number of hydrogen-bond donors (Lipinski definition) is 0. The molecule has 0 unspecified atom stereocenters. The second-order valence-corrected chi connectivity index (χ2v) is 12.2. The SMILES string of the molecule is O=c1cc(CN2CCS(=O)(=O)CC2)occ1OCCCCCSc1ccnc2cc(C(F)(F)F)ccc12. The highest BCUT2D eigenvalue weighted by Crippen LogP contribution is 2.34. The Kier molecular flexibility index (Phi) is 8.81. The monoisotopic (exact) mass is 556 g/mol. The molecule has 4 rings (SSSR count). The number of benzene rings is 1. The molecular weight excluding hydrogens is 529 g/mol. The third kappa shape index (κ3) is 7.71. The molecule has 1 aromatic carbocycles. The Balaban J connectivity index is 1.17. The highest BCUT2D eigenvalue weighted by Gasteiger charge is 2.30. The highest BCUT2D eigenvalue weighted by atomic mass is 32.2. The lowest BCUT2D eigenvalue weighted by molar-refractivity contribution is -0.137. The van der Waals surface area contributed by atoms with Crippen molar-refractivity contribution in [3.63, 3.8) is 0 Å². The number of hydrogen-bond acceptors (Lipinski definition) is 8. The molecule has 3 aromatic rings. The molecule has 0 radical (unpaired) electrons. The zero-order chi connectivity index (χ0) is 26.5. The van der Waals surface area contributed by atoms with E-state index in [2.05, 4.69) is 4.98 Å². The molecule has 0 spiro atoms. The molecule has 1 fully saturated rings. The Hall–Kier alpha value is -2.57. The van der Waals surface area contributed by atoms with Crippen molar-refractivity contribution >= 4 is 32.5 Å². The summed E-state index contributed by atoms with van der Waals surface area (Å²) in [5.74, 6) is 1.61. The summed E-state index contributed by atoms with van der Waals surface area (Å²) >= 11 is 1.57. The normalized spacial score (nSPS) is 16.2. The van der Waals surface area contributed by atoms with Gasteiger partial charge in [-0.1, -0.05) is 6.07 Å². The lowest BCUT2D eigenvalue weighted by Crippen LogP contribution is -2.39. The number of pyridine rings is 1. The molecule has 0 aliphatic carbocycles. The van der Waals surface area contributed by atoms with Gasteiger partial charge >= 0.3 is 6.18 Å². The zero-order valence-corrected chi connectivity index (χ0v) is 21.6. The van der Waals surface area contributed by atoms with Gasteiger partial charge in [0.2, 0.25) is 11.2 Å². The first-order valence-electron chi connectivity index (χ1n) is 11.9. The minimum atomic E-state index is -4.40. The summed E-state index contributed by atoms with van der Waals surface area (Å²) in [6.07, 6.45) is 0.882. The highest BCUT2D eigenvalue weighted by molar-refractivity contribution is 7.99. The van der Waals surface area contributed by atoms with Crippen LogP contribution in [0.4, 0.5) is 13.2 Å². The summed E-state index contributed by atoms with van der Waals surface area (Å²) in [6.45, 7) is 1.56. The van der Waals surface area contributed by atoms with Crippen molar-refractivity contribution in [2.45, 2.75) is 36.9 Å². The Morgan fingerprint density at radius 1 is 1.08 bits per heavy atom. The Morgan fingerprint density at radius 2 is 1.86 bits per heavy atom. The van der Waals surface area contributed by atoms with Crippen LogP contribution in [0, 0.1) is 0 Å². The average Bonchev–Trinajstić information content (AvgIpc) is 2.85. The first-order valence-corrected chi connectivity index (χ1v) is 14.7. The summed E-state index contributed by atoms with van der Waals surface area (Å²) in [7, 11) is -2.96. The van der Waals surface area contributed by atoms with Crippen molar-refractivity contribution < 1.29 is 30.7 Å². The van der Waals surface area contributed by atoms with Gasteiger partial charge in [-0.05, 0) is 43.2 Å². The molecule has 0 N–H and O–H groups in total. The largest absolute Gasteiger partial charge is 0.487 e. The standard InChI is InChI=1S/C25H27F3N2O5S2/c26-25(27,28)18-4-5-20-21(14-18)29-7-6-24(20)36-11-3-1-2-10-34-23-17-35-19(15-22(23)31)16-30-8-12-37(32,33)13-9-30/h4-7,14-15,17H,1-3,8-13,16H2. The summed E-state index contributed by atoms with van der Waals surface area (Å²) in [6, 6.07) is 6.80. The number of rotatable bonds is 10. The van der Waals surface area contributed by atoms with Crippen LogP contribution in [0.3, 0.4) is 0 Å². The number of thioether (sulfide) groups is 1. The van der Waals surface area contributed by atoms with Crippen molar-refractivity contribution in [3.05, 3.63) is 64.3 Å². The summed E-state index contributed by atoms with van der Waals surface area (Å²) in [5.41, 5.74) is -0.667. The Bertz CT molecular complexity index is 1380. The van der Waals surface area contributed by atoms with Gasteiger partial charge < -0.3 is 9.15 Å². The molecule has 2 aromatic heterocycles. The van der Waals surface area contributed by atoms with E-state index in [4.69, 9.17) is 9.15 Å². The van der Waals surface area contributed by atoms with E-state index in [9.17, 15) is 26.4 Å². The van der Waals surface area contributed by atoms with E-state index >= 15 is 0 Å². The van der Waals surface area contributed by atoms with Crippen LogP contribution < -0.4 is 10.2 Å². The van der Waals surface area contributed by atoms with Crippen molar-refractivity contribution in [2.75, 3.05) is 37.0 Å². The third-order valence-corrected chi connectivity index (χ3v) is 8.77. The number of alkyl halides is 3. The molecule has 200 valence electrons. The zero-order valence-electron chi connectivity index (χ0n) is 20.0. The number of nitrogens with zero attached hydrogens (tertiary/aromatic N) is 2. The minimum absolute atomic E-state index is 0.110. The molecule has 1 saturated heterocycles. The number of ether oxygens (including phenoxy) is 1. The van der Waals surface area contributed by atoms with Crippen molar-refractivity contribution in [2.24, 2.45) is 0 Å². The fourth-order valence-corrected chi connectivity index (χ4v) is 6.26. The van der Waals surface area contributed by atoms with Gasteiger partial charge in [-0.2, -0.15) is 13.2 Å². The van der Waals surface area contributed by atoms with Crippen LogP contribution >= 0.6 is 11.8 Å². The van der Waals surface area contributed by atoms with E-state index in [-0.39, 0.29) is 22.7 Å². The number of sulfone groups is 1. The minimum Gasteiger partial charge on any atom is -0.487 e. The van der Waals surface area contributed by atoms with E-state index in [1.54, 1.807) is 17.8 Å². The maximum atomic E-state index is 12.9. The van der Waals surface area contributed by atoms with E-state index in [0.717, 1.165) is 42.0 Å². The smallest absolute Gasteiger partial charge is 0.416 e. The molecule has 7 nitrogen and oxygen atoms in total. The van der Waals surface area contributed by atoms with Crippen LogP contribution in [0.2, 0.25) is 0 Å². The summed E-state index contributed by atoms with van der Waals surface area (Å²) < 4.78 is 73.0. The van der Waals surface area contributed by atoms with E-state index in [1.165, 1.54) is 24.6 Å². The molecular formula is C25H27F3N2O5S2. The van der Waals surface area contributed by atoms with E-state index < -0.39 is 21.6 Å². The van der Waals surface area contributed by atoms with Gasteiger partial charge in [0.05, 0.1) is 35.7 Å². The molecule has 12 heteroatoms. The molecule has 0 atom stereocenters. The second-order valence-electron chi connectivity index (χ2n) is 8.80. The second kappa shape index (κ2) is 11.9. The summed E-state index contributed by atoms with van der Waals surface area (Å²) in [5, 5.41) is 0.698. The van der Waals surface area contributed by atoms with Gasteiger partial charge in [-0.3, -0.25) is 14.7 Å². The van der Waals surface area contributed by atoms with Crippen LogP contribution in [0.15, 0.2) is 56.9 Å². The van der Waals surface area contributed by atoms with E-state index in [0.29, 0.717) is 42.9 Å². The van der Waals surface area contributed by atoms with Gasteiger partial charge in [0, 0.05) is 35.6 Å². The Labute approximate surface area is 216 Å². The van der Waals surface area contributed by atoms with Gasteiger partial charge in [0.25, 0.3) is 0 Å². The number of unbranched alkanes of at least 4 members (excludes halogenated alkanes) is 2. The van der Waals surface area contributed by atoms with Crippen LogP contribution in [0.1, 0.15) is 30.6 Å². The molecule has 1 aliphatic heterocycles. The van der Waals surface area contributed by atoms with Crippen molar-refractivity contribution in [1.29, 1.82) is 0 Å². The fourth-order valence-electron chi connectivity index (χ4n) is 3.92. The summed E-state index contributed by atoms with van der Waals surface area (Å²) in [4.78, 5) is 19.2. The van der Waals surface area contributed by atoms with Crippen LogP contribution in [0.25, 0.3) is 10.9 Å². The predicted molar refractivity (Wildman–Crippen MR) is 136 cm³/mol. The molecule has 1 aliphatic rings. The third-order valence-electron chi connectivity index (χ3n) is 6.00.